The van der Waals surface area contributed by atoms with Crippen LogP contribution in [0.3, 0.4) is 0 Å². The zero-order valence-corrected chi connectivity index (χ0v) is 36.6. The molecule has 5 aliphatic rings. The summed E-state index contributed by atoms with van der Waals surface area (Å²) < 4.78 is 6.20. The lowest BCUT2D eigenvalue weighted by Crippen LogP contribution is -2.65. The lowest BCUT2D eigenvalue weighted by Gasteiger charge is -2.72. The fourth-order valence-corrected chi connectivity index (χ4v) is 13.6. The molecule has 0 heterocycles. The number of Topliss-reactive ketones (excluding diaryl/α,β-unsaturated/α-hetero) is 1. The number of likely N-dealkylation sites (N-methyl/N-ethyl adjacent to an activating group) is 1. The monoisotopic (exact) mass is 773 g/mol. The Morgan fingerprint density at radius 3 is 2.16 bits per heavy atom. The van der Waals surface area contributed by atoms with Crippen molar-refractivity contribution >= 4 is 23.6 Å². The molecule has 8 unspecified atom stereocenters. The van der Waals surface area contributed by atoms with Crippen molar-refractivity contribution in [2.75, 3.05) is 33.7 Å². The second kappa shape index (κ2) is 15.0. The number of hydrogen-bond acceptors (Lipinski definition) is 6. The highest BCUT2D eigenvalue weighted by molar-refractivity contribution is 6.00. The number of fused-ring (bicyclic) bond motifs is 7. The summed E-state index contributed by atoms with van der Waals surface area (Å²) in [6, 6.07) is 9.64. The second-order valence-corrected chi connectivity index (χ2v) is 21.4. The number of carbonyl (C=O) groups excluding carboxylic acids is 3. The number of carbonyl (C=O) groups is 4. The lowest BCUT2D eigenvalue weighted by atomic mass is 9.33. The van der Waals surface area contributed by atoms with Gasteiger partial charge in [0.1, 0.15) is 6.10 Å². The van der Waals surface area contributed by atoms with Gasteiger partial charge in [0.15, 0.2) is 5.78 Å². The number of nitrogens with zero attached hydrogens (tertiary/aromatic N) is 2. The quantitative estimate of drug-likeness (QED) is 0.211. The molecule has 0 spiro atoms. The van der Waals surface area contributed by atoms with Gasteiger partial charge in [0.05, 0.1) is 11.8 Å². The summed E-state index contributed by atoms with van der Waals surface area (Å²) in [4.78, 5) is 57.3. The number of carboxylic acids is 1. The minimum atomic E-state index is -1.16. The van der Waals surface area contributed by atoms with Gasteiger partial charge >= 0.3 is 11.9 Å². The van der Waals surface area contributed by atoms with Crippen LogP contribution >= 0.6 is 0 Å². The minimum Gasteiger partial charge on any atom is -0.481 e. The highest BCUT2D eigenvalue weighted by atomic mass is 16.5. The third-order valence-corrected chi connectivity index (χ3v) is 16.9. The van der Waals surface area contributed by atoms with Crippen molar-refractivity contribution in [2.24, 2.45) is 56.2 Å². The van der Waals surface area contributed by atoms with Gasteiger partial charge in [-0.25, -0.2) is 0 Å². The molecule has 8 heteroatoms. The van der Waals surface area contributed by atoms with E-state index in [4.69, 9.17) is 4.74 Å². The fraction of sp³-hybridized carbons (Fsp3) is 0.750. The van der Waals surface area contributed by atoms with Crippen LogP contribution in [0.25, 0.3) is 0 Å². The Labute approximate surface area is 337 Å². The highest BCUT2D eigenvalue weighted by Gasteiger charge is 2.70. The van der Waals surface area contributed by atoms with Gasteiger partial charge < -0.3 is 19.6 Å². The summed E-state index contributed by atoms with van der Waals surface area (Å²) >= 11 is 0. The number of ketones is 1. The Morgan fingerprint density at radius 2 is 1.54 bits per heavy atom. The second-order valence-electron chi connectivity index (χ2n) is 21.4. The van der Waals surface area contributed by atoms with Gasteiger partial charge in [-0.05, 0) is 143 Å². The maximum absolute atomic E-state index is 14.3. The van der Waals surface area contributed by atoms with Crippen molar-refractivity contribution < 1.29 is 29.0 Å². The molecule has 8 atom stereocenters. The van der Waals surface area contributed by atoms with Gasteiger partial charge in [-0.3, -0.25) is 19.2 Å². The summed E-state index contributed by atoms with van der Waals surface area (Å²) in [7, 11) is 4.10. The van der Waals surface area contributed by atoms with Crippen LogP contribution in [0, 0.1) is 56.2 Å². The summed E-state index contributed by atoms with van der Waals surface area (Å²) in [6.45, 7) is 22.0. The molecule has 0 radical (unpaired) electrons. The average Bonchev–Trinajstić information content (AvgIpc) is 3.41. The number of allylic oxidation sites excluding steroid dienone is 2. The van der Waals surface area contributed by atoms with Gasteiger partial charge in [-0.15, -0.1) is 0 Å². The number of amides is 1. The standard InChI is InChI=1S/C48H72N2O6/c1-31(2)39-34(51)29-48(25-26-50(28-27-49(10)11)41(53)32-15-13-12-14-16-32)24-23-46(8)33(40(39)48)17-18-36-45(7)21-20-37(56-38(52)30-43(3,4)42(54)55)44(5,6)35(45)19-22-47(36,46)9/h12-16,31,33,35-37H,17-30H2,1-11H3,(H,54,55). The SMILES string of the molecule is CC(C)C1=C2C3CCC4C5(C)CCC(OC(=O)CC(C)(C)C(=O)O)C(C)(C)C5CCC4(C)C3(C)CCC2(CCN(CCN(C)C)C(=O)c2ccccc2)CC1=O. The summed E-state index contributed by atoms with van der Waals surface area (Å²) in [6.07, 6.45) is 9.24. The van der Waals surface area contributed by atoms with Crippen molar-refractivity contribution in [2.45, 2.75) is 139 Å². The molecule has 4 fully saturated rings. The molecule has 0 aromatic heterocycles. The summed E-state index contributed by atoms with van der Waals surface area (Å²) in [5, 5.41) is 9.64. The van der Waals surface area contributed by atoms with Gasteiger partial charge in [0, 0.05) is 42.4 Å². The summed E-state index contributed by atoms with van der Waals surface area (Å²) in [5.41, 5.74) is 1.85. The molecule has 1 aromatic rings. The van der Waals surface area contributed by atoms with E-state index in [1.54, 1.807) is 13.8 Å². The topological polar surface area (TPSA) is 104 Å². The van der Waals surface area contributed by atoms with Gasteiger partial charge in [-0.1, -0.05) is 72.2 Å². The van der Waals surface area contributed by atoms with E-state index in [1.807, 2.05) is 35.2 Å². The molecule has 1 N–H and O–H groups in total. The average molecular weight is 773 g/mol. The predicted molar refractivity (Wildman–Crippen MR) is 221 cm³/mol. The van der Waals surface area contributed by atoms with E-state index < -0.39 is 17.4 Å². The normalized spacial score (nSPS) is 35.1. The zero-order chi connectivity index (χ0) is 41.2. The van der Waals surface area contributed by atoms with E-state index in [0.717, 1.165) is 69.9 Å². The predicted octanol–water partition coefficient (Wildman–Crippen LogP) is 9.47. The smallest absolute Gasteiger partial charge is 0.309 e. The first kappa shape index (κ1) is 42.6. The molecule has 8 nitrogen and oxygen atoms in total. The molecule has 1 amide bonds. The van der Waals surface area contributed by atoms with Gasteiger partial charge in [0.25, 0.3) is 5.91 Å². The van der Waals surface area contributed by atoms with Crippen LogP contribution in [0.5, 0.6) is 0 Å². The van der Waals surface area contributed by atoms with E-state index in [9.17, 15) is 24.3 Å². The van der Waals surface area contributed by atoms with Gasteiger partial charge in [0.2, 0.25) is 0 Å². The van der Waals surface area contributed by atoms with E-state index >= 15 is 0 Å². The van der Waals surface area contributed by atoms with E-state index in [1.165, 1.54) is 5.57 Å². The molecule has 310 valence electrons. The molecule has 0 aliphatic heterocycles. The Balaban J connectivity index is 1.28. The number of esters is 1. The van der Waals surface area contributed by atoms with E-state index in [0.29, 0.717) is 48.6 Å². The number of benzene rings is 1. The van der Waals surface area contributed by atoms with Crippen LogP contribution in [0.15, 0.2) is 41.5 Å². The first-order chi connectivity index (χ1) is 26.0. The third-order valence-electron chi connectivity index (χ3n) is 16.9. The highest BCUT2D eigenvalue weighted by Crippen LogP contribution is 2.77. The zero-order valence-electron chi connectivity index (χ0n) is 36.6. The van der Waals surface area contributed by atoms with E-state index in [-0.39, 0.29) is 51.4 Å². The summed E-state index contributed by atoms with van der Waals surface area (Å²) in [5.74, 6) is 0.387. The molecule has 5 aliphatic carbocycles. The molecule has 4 saturated carbocycles. The third kappa shape index (κ3) is 7.00. The lowest BCUT2D eigenvalue weighted by molar-refractivity contribution is -0.233. The largest absolute Gasteiger partial charge is 0.481 e. The van der Waals surface area contributed by atoms with Crippen LogP contribution in [-0.2, 0) is 19.1 Å². The number of rotatable bonds is 12. The van der Waals surface area contributed by atoms with Gasteiger partial charge in [-0.2, -0.15) is 0 Å². The van der Waals surface area contributed by atoms with Crippen molar-refractivity contribution in [3.8, 4) is 0 Å². The van der Waals surface area contributed by atoms with Crippen molar-refractivity contribution in [3.05, 3.63) is 47.0 Å². The molecular weight excluding hydrogens is 701 g/mol. The molecule has 56 heavy (non-hydrogen) atoms. The Bertz CT molecular complexity index is 1730. The minimum absolute atomic E-state index is 0.0355. The molecule has 0 bridgehead atoms. The number of carboxylic acid groups (broad SMARTS) is 1. The molecule has 0 saturated heterocycles. The Hall–Kier alpha value is -3.00. The van der Waals surface area contributed by atoms with Crippen molar-refractivity contribution in [1.82, 2.24) is 9.80 Å². The van der Waals surface area contributed by atoms with Crippen LogP contribution < -0.4 is 0 Å². The first-order valence-electron chi connectivity index (χ1n) is 21.7. The van der Waals surface area contributed by atoms with Crippen LogP contribution in [-0.4, -0.2) is 78.4 Å². The van der Waals surface area contributed by atoms with Crippen molar-refractivity contribution in [3.63, 3.8) is 0 Å². The Kier molecular flexibility index (Phi) is 11.4. The molecular formula is C48H72N2O6. The van der Waals surface area contributed by atoms with Crippen LogP contribution in [0.1, 0.15) is 143 Å². The van der Waals surface area contributed by atoms with Crippen LogP contribution in [0.4, 0.5) is 0 Å². The first-order valence-corrected chi connectivity index (χ1v) is 21.7. The molecule has 1 aromatic carbocycles. The number of ether oxygens (including phenoxy) is 1. The van der Waals surface area contributed by atoms with Crippen molar-refractivity contribution in [1.29, 1.82) is 0 Å². The fourth-order valence-electron chi connectivity index (χ4n) is 13.6. The van der Waals surface area contributed by atoms with Crippen LogP contribution in [0.2, 0.25) is 0 Å². The maximum atomic E-state index is 14.3. The van der Waals surface area contributed by atoms with E-state index in [2.05, 4.69) is 67.5 Å². The maximum Gasteiger partial charge on any atom is 0.309 e. The number of aliphatic carboxylic acids is 1. The number of hydrogen-bond donors (Lipinski definition) is 1. The molecule has 6 rings (SSSR count). The Morgan fingerprint density at radius 1 is 0.857 bits per heavy atom.